The maximum atomic E-state index is 13.5. The van der Waals surface area contributed by atoms with Crippen LogP contribution in [0.5, 0.6) is 5.75 Å². The fourth-order valence-corrected chi connectivity index (χ4v) is 5.46. The van der Waals surface area contributed by atoms with E-state index in [-0.39, 0.29) is 16.9 Å². The van der Waals surface area contributed by atoms with E-state index in [2.05, 4.69) is 9.72 Å². The molecule has 1 heterocycles. The first-order valence-corrected chi connectivity index (χ1v) is 13.6. The molecule has 3 aromatic carbocycles. The molecule has 0 N–H and O–H groups in total. The first-order chi connectivity index (χ1) is 17.4. The molecule has 0 radical (unpaired) electrons. The number of aryl methyl sites for hydroxylation is 1. The van der Waals surface area contributed by atoms with Crippen molar-refractivity contribution in [3.05, 3.63) is 83.9 Å². The number of carbonyl (C=O) groups excluding carboxylic acids is 1. The van der Waals surface area contributed by atoms with Gasteiger partial charge in [0.15, 0.2) is 0 Å². The molecule has 1 aromatic heterocycles. The lowest BCUT2D eigenvalue weighted by Gasteiger charge is -2.11. The number of esters is 1. The third-order valence-corrected chi connectivity index (χ3v) is 7.43. The number of nitrogens with zero attached hydrogens (tertiary/aromatic N) is 2. The topological polar surface area (TPSA) is 87.5 Å². The lowest BCUT2D eigenvalue weighted by Crippen LogP contribution is -2.12. The van der Waals surface area contributed by atoms with Crippen molar-refractivity contribution in [2.75, 3.05) is 13.7 Å². The van der Waals surface area contributed by atoms with E-state index >= 15 is 0 Å². The summed E-state index contributed by atoms with van der Waals surface area (Å²) >= 11 is 0. The van der Waals surface area contributed by atoms with Crippen molar-refractivity contribution < 1.29 is 22.7 Å². The Hall–Kier alpha value is -3.65. The van der Waals surface area contributed by atoms with Gasteiger partial charge in [-0.1, -0.05) is 48.0 Å². The average Bonchev–Trinajstić information content (AvgIpc) is 3.26. The molecule has 36 heavy (non-hydrogen) atoms. The van der Waals surface area contributed by atoms with Crippen LogP contribution < -0.4 is 4.74 Å². The van der Waals surface area contributed by atoms with Crippen LogP contribution in [0.1, 0.15) is 36.8 Å². The number of methoxy groups -OCH3 is 1. The molecule has 0 unspecified atom stereocenters. The second kappa shape index (κ2) is 11.4. The molecule has 0 amide bonds. The number of unbranched alkanes of at least 4 members (excludes halogenated alkanes) is 2. The van der Waals surface area contributed by atoms with Crippen LogP contribution >= 0.6 is 0 Å². The van der Waals surface area contributed by atoms with Gasteiger partial charge in [0.2, 0.25) is 15.0 Å². The molecule has 0 saturated carbocycles. The number of rotatable bonds is 11. The molecule has 0 bridgehead atoms. The fraction of sp³-hybridized carbons (Fsp3) is 0.286. The zero-order valence-corrected chi connectivity index (χ0v) is 21.3. The third kappa shape index (κ3) is 6.12. The average molecular weight is 507 g/mol. The van der Waals surface area contributed by atoms with Gasteiger partial charge in [0.25, 0.3) is 0 Å². The van der Waals surface area contributed by atoms with Gasteiger partial charge in [-0.15, -0.1) is 0 Å². The van der Waals surface area contributed by atoms with Crippen molar-refractivity contribution in [2.45, 2.75) is 43.5 Å². The van der Waals surface area contributed by atoms with Crippen LogP contribution in [-0.4, -0.2) is 37.7 Å². The molecular weight excluding hydrogens is 476 g/mol. The standard InChI is InChI=1S/C28H30N2O5S/c1-21-12-14-23(15-13-21)30-26-17-16-24(35-18-8-4-7-11-27(31)34-2)19-25(26)29-28(30)36(32,33)20-22-9-5-3-6-10-22/h3,5-6,9-10,12-17,19H,4,7-8,11,18,20H2,1-2H3. The van der Waals surface area contributed by atoms with Crippen molar-refractivity contribution in [1.82, 2.24) is 9.55 Å². The third-order valence-electron chi connectivity index (χ3n) is 5.89. The summed E-state index contributed by atoms with van der Waals surface area (Å²) in [5.74, 6) is 0.275. The number of ether oxygens (including phenoxy) is 2. The predicted octanol–water partition coefficient (Wildman–Crippen LogP) is 5.42. The molecule has 7 nitrogen and oxygen atoms in total. The van der Waals surface area contributed by atoms with Crippen LogP contribution in [0.4, 0.5) is 0 Å². The highest BCUT2D eigenvalue weighted by Crippen LogP contribution is 2.29. The quantitative estimate of drug-likeness (QED) is 0.199. The van der Waals surface area contributed by atoms with E-state index in [1.807, 2.05) is 61.5 Å². The monoisotopic (exact) mass is 506 g/mol. The van der Waals surface area contributed by atoms with Crippen molar-refractivity contribution in [2.24, 2.45) is 0 Å². The van der Waals surface area contributed by atoms with Crippen LogP contribution in [0.2, 0.25) is 0 Å². The molecule has 188 valence electrons. The van der Waals surface area contributed by atoms with E-state index in [9.17, 15) is 13.2 Å². The number of aromatic nitrogens is 2. The van der Waals surface area contributed by atoms with E-state index in [4.69, 9.17) is 4.74 Å². The fourth-order valence-electron chi connectivity index (χ4n) is 3.98. The van der Waals surface area contributed by atoms with Gasteiger partial charge in [-0.05, 0) is 56.0 Å². The number of carbonyl (C=O) groups is 1. The summed E-state index contributed by atoms with van der Waals surface area (Å²) in [7, 11) is -2.35. The highest BCUT2D eigenvalue weighted by atomic mass is 32.2. The Kier molecular flexibility index (Phi) is 8.05. The van der Waals surface area contributed by atoms with E-state index in [1.165, 1.54) is 7.11 Å². The van der Waals surface area contributed by atoms with Crippen LogP contribution in [0.25, 0.3) is 16.7 Å². The number of fused-ring (bicyclic) bond motifs is 1. The maximum Gasteiger partial charge on any atom is 0.305 e. The first-order valence-electron chi connectivity index (χ1n) is 11.9. The van der Waals surface area contributed by atoms with Crippen LogP contribution in [0.3, 0.4) is 0 Å². The molecule has 0 fully saturated rings. The second-order valence-corrected chi connectivity index (χ2v) is 10.6. The van der Waals surface area contributed by atoms with E-state index in [1.54, 1.807) is 22.8 Å². The molecule has 0 spiro atoms. The van der Waals surface area contributed by atoms with Crippen molar-refractivity contribution in [1.29, 1.82) is 0 Å². The van der Waals surface area contributed by atoms with Gasteiger partial charge >= 0.3 is 5.97 Å². The summed E-state index contributed by atoms with van der Waals surface area (Å²) in [6, 6.07) is 22.3. The molecule has 0 aliphatic rings. The zero-order chi connectivity index (χ0) is 25.5. The summed E-state index contributed by atoms with van der Waals surface area (Å²) in [6.07, 6.45) is 2.79. The molecule has 0 saturated heterocycles. The van der Waals surface area contributed by atoms with Gasteiger partial charge in [0, 0.05) is 18.2 Å². The van der Waals surface area contributed by atoms with Gasteiger partial charge in [0.1, 0.15) is 5.75 Å². The summed E-state index contributed by atoms with van der Waals surface area (Å²) < 4.78 is 39.3. The molecule has 0 atom stereocenters. The van der Waals surface area contributed by atoms with E-state index in [0.29, 0.717) is 35.4 Å². The van der Waals surface area contributed by atoms with Crippen LogP contribution in [0.15, 0.2) is 78.0 Å². The zero-order valence-electron chi connectivity index (χ0n) is 20.5. The Morgan fingerprint density at radius 1 is 0.944 bits per heavy atom. The summed E-state index contributed by atoms with van der Waals surface area (Å²) in [5, 5.41) is 0.00478. The predicted molar refractivity (Wildman–Crippen MR) is 139 cm³/mol. The maximum absolute atomic E-state index is 13.5. The number of benzene rings is 3. The molecule has 0 aliphatic carbocycles. The summed E-state index contributed by atoms with van der Waals surface area (Å²) in [6.45, 7) is 2.48. The summed E-state index contributed by atoms with van der Waals surface area (Å²) in [5.41, 5.74) is 3.76. The van der Waals surface area contributed by atoms with Gasteiger partial charge in [-0.25, -0.2) is 13.4 Å². The molecule has 4 aromatic rings. The Labute approximate surface area is 211 Å². The molecule has 4 rings (SSSR count). The van der Waals surface area contributed by atoms with Crippen LogP contribution in [0, 0.1) is 6.92 Å². The minimum atomic E-state index is -3.74. The Morgan fingerprint density at radius 2 is 1.69 bits per heavy atom. The van der Waals surface area contributed by atoms with E-state index < -0.39 is 9.84 Å². The van der Waals surface area contributed by atoms with Gasteiger partial charge in [-0.2, -0.15) is 0 Å². The lowest BCUT2D eigenvalue weighted by atomic mass is 10.2. The van der Waals surface area contributed by atoms with Gasteiger partial charge in [-0.3, -0.25) is 9.36 Å². The SMILES string of the molecule is COC(=O)CCCCCOc1ccc2c(c1)nc(S(=O)(=O)Cc1ccccc1)n2-c1ccc(C)cc1. The lowest BCUT2D eigenvalue weighted by molar-refractivity contribution is -0.140. The first kappa shape index (κ1) is 25.4. The van der Waals surface area contributed by atoms with Crippen LogP contribution in [-0.2, 0) is 25.1 Å². The largest absolute Gasteiger partial charge is 0.494 e. The van der Waals surface area contributed by atoms with Gasteiger partial charge < -0.3 is 9.47 Å². The number of sulfone groups is 1. The highest BCUT2D eigenvalue weighted by Gasteiger charge is 2.25. The van der Waals surface area contributed by atoms with Gasteiger partial charge in [0.05, 0.1) is 30.5 Å². The summed E-state index contributed by atoms with van der Waals surface area (Å²) in [4.78, 5) is 15.8. The Balaban J connectivity index is 1.60. The highest BCUT2D eigenvalue weighted by molar-refractivity contribution is 7.90. The number of hydrogen-bond acceptors (Lipinski definition) is 6. The second-order valence-electron chi connectivity index (χ2n) is 8.70. The Morgan fingerprint density at radius 3 is 2.42 bits per heavy atom. The smallest absolute Gasteiger partial charge is 0.305 e. The number of imidazole rings is 1. The number of hydrogen-bond donors (Lipinski definition) is 0. The Bertz CT molecular complexity index is 1430. The minimum absolute atomic E-state index is 0.00478. The van der Waals surface area contributed by atoms with Crippen molar-refractivity contribution in [3.8, 4) is 11.4 Å². The van der Waals surface area contributed by atoms with Crippen molar-refractivity contribution in [3.63, 3.8) is 0 Å². The van der Waals surface area contributed by atoms with Crippen molar-refractivity contribution >= 4 is 26.8 Å². The molecule has 8 heteroatoms. The molecular formula is C28H30N2O5S. The molecule has 0 aliphatic heterocycles. The van der Waals surface area contributed by atoms with E-state index in [0.717, 1.165) is 30.5 Å². The normalized spacial score (nSPS) is 11.5. The minimum Gasteiger partial charge on any atom is -0.494 e.